The smallest absolute Gasteiger partial charge is 0.319 e. The van der Waals surface area contributed by atoms with Crippen molar-refractivity contribution in [2.24, 2.45) is 0 Å². The minimum Gasteiger partial charge on any atom is -0.337 e. The normalized spacial score (nSPS) is 13.6. The molecule has 25 heavy (non-hydrogen) atoms. The third kappa shape index (κ3) is 4.34. The molecule has 0 spiro atoms. The highest BCUT2D eigenvalue weighted by Gasteiger charge is 2.15. The maximum atomic E-state index is 13.1. The van der Waals surface area contributed by atoms with Gasteiger partial charge in [-0.05, 0) is 35.7 Å². The first-order chi connectivity index (χ1) is 12.2. The molecule has 0 fully saturated rings. The summed E-state index contributed by atoms with van der Waals surface area (Å²) in [6.07, 6.45) is 1.02. The van der Waals surface area contributed by atoms with Crippen LogP contribution in [0.2, 0.25) is 0 Å². The second-order valence-corrected chi connectivity index (χ2v) is 5.98. The molecule has 5 nitrogen and oxygen atoms in total. The van der Waals surface area contributed by atoms with Crippen molar-refractivity contribution in [1.29, 1.82) is 5.26 Å². The van der Waals surface area contributed by atoms with Gasteiger partial charge in [-0.3, -0.25) is 4.90 Å². The van der Waals surface area contributed by atoms with Crippen molar-refractivity contribution >= 4 is 11.7 Å². The molecule has 6 heteroatoms. The van der Waals surface area contributed by atoms with Gasteiger partial charge in [0.25, 0.3) is 0 Å². The fraction of sp³-hybridized carbons (Fsp3) is 0.263. The molecule has 2 N–H and O–H groups in total. The van der Waals surface area contributed by atoms with Crippen molar-refractivity contribution in [3.8, 4) is 6.07 Å². The van der Waals surface area contributed by atoms with Gasteiger partial charge in [-0.1, -0.05) is 24.3 Å². The van der Waals surface area contributed by atoms with Crippen LogP contribution in [0.4, 0.5) is 14.9 Å². The maximum Gasteiger partial charge on any atom is 0.319 e. The molecule has 0 unspecified atom stereocenters. The fourth-order valence-corrected chi connectivity index (χ4v) is 2.96. The number of nitrogens with zero attached hydrogens (tertiary/aromatic N) is 2. The first kappa shape index (κ1) is 16.9. The number of fused-ring (bicyclic) bond motifs is 1. The van der Waals surface area contributed by atoms with E-state index in [1.807, 2.05) is 12.1 Å². The second-order valence-electron chi connectivity index (χ2n) is 5.98. The number of urea groups is 1. The van der Waals surface area contributed by atoms with Gasteiger partial charge in [0.1, 0.15) is 11.9 Å². The van der Waals surface area contributed by atoms with Crippen LogP contribution in [0.15, 0.2) is 42.5 Å². The molecule has 1 aliphatic rings. The number of halogens is 1. The van der Waals surface area contributed by atoms with Gasteiger partial charge >= 0.3 is 6.03 Å². The van der Waals surface area contributed by atoms with Crippen molar-refractivity contribution in [2.75, 3.05) is 25.0 Å². The molecule has 1 heterocycles. The van der Waals surface area contributed by atoms with E-state index in [0.29, 0.717) is 12.2 Å². The molecular weight excluding hydrogens is 319 g/mol. The fourth-order valence-electron chi connectivity index (χ4n) is 2.96. The van der Waals surface area contributed by atoms with E-state index < -0.39 is 11.8 Å². The number of nitriles is 1. The molecule has 0 aromatic heterocycles. The summed E-state index contributed by atoms with van der Waals surface area (Å²) in [6.45, 7) is 3.10. The quantitative estimate of drug-likeness (QED) is 0.901. The molecule has 0 aliphatic carbocycles. The highest BCUT2D eigenvalue weighted by Crippen LogP contribution is 2.18. The summed E-state index contributed by atoms with van der Waals surface area (Å²) in [7, 11) is 0. The van der Waals surface area contributed by atoms with Gasteiger partial charge in [-0.2, -0.15) is 5.26 Å². The first-order valence-electron chi connectivity index (χ1n) is 8.19. The van der Waals surface area contributed by atoms with Crippen LogP contribution < -0.4 is 10.6 Å². The lowest BCUT2D eigenvalue weighted by Gasteiger charge is -2.28. The lowest BCUT2D eigenvalue weighted by Crippen LogP contribution is -2.39. The number of rotatable bonds is 4. The van der Waals surface area contributed by atoms with Crippen molar-refractivity contribution in [3.63, 3.8) is 0 Å². The number of carbonyl (C=O) groups is 1. The Morgan fingerprint density at radius 1 is 1.24 bits per heavy atom. The van der Waals surface area contributed by atoms with E-state index in [9.17, 15) is 9.18 Å². The van der Waals surface area contributed by atoms with Gasteiger partial charge < -0.3 is 10.6 Å². The average Bonchev–Trinajstić information content (AvgIpc) is 2.63. The van der Waals surface area contributed by atoms with Crippen LogP contribution in [0.1, 0.15) is 16.7 Å². The standard InChI is InChI=1S/C19H19FN4O/c20-17-5-6-18(16(11-17)12-21)23-19(25)22-8-10-24-9-7-14-3-1-2-4-15(14)13-24/h1-6,11H,7-10,13H2,(H2,22,23,25). The predicted octanol–water partition coefficient (Wildman–Crippen LogP) is 2.88. The lowest BCUT2D eigenvalue weighted by atomic mass is 10.00. The Balaban J connectivity index is 1.47. The number of nitrogens with one attached hydrogen (secondary N) is 2. The van der Waals surface area contributed by atoms with Crippen LogP contribution in [0.5, 0.6) is 0 Å². The molecule has 3 rings (SSSR count). The SMILES string of the molecule is N#Cc1cc(F)ccc1NC(=O)NCCN1CCc2ccccc2C1. The summed E-state index contributed by atoms with van der Waals surface area (Å²) in [6, 6.07) is 13.6. The van der Waals surface area contributed by atoms with Gasteiger partial charge in [-0.15, -0.1) is 0 Å². The number of hydrogen-bond donors (Lipinski definition) is 2. The maximum absolute atomic E-state index is 13.1. The van der Waals surface area contributed by atoms with Crippen molar-refractivity contribution in [1.82, 2.24) is 10.2 Å². The van der Waals surface area contributed by atoms with Crippen LogP contribution in [-0.2, 0) is 13.0 Å². The highest BCUT2D eigenvalue weighted by molar-refractivity contribution is 5.90. The van der Waals surface area contributed by atoms with Crippen molar-refractivity contribution in [3.05, 3.63) is 65.0 Å². The van der Waals surface area contributed by atoms with E-state index in [-0.39, 0.29) is 5.56 Å². The van der Waals surface area contributed by atoms with E-state index in [4.69, 9.17) is 5.26 Å². The zero-order valence-electron chi connectivity index (χ0n) is 13.8. The monoisotopic (exact) mass is 338 g/mol. The lowest BCUT2D eigenvalue weighted by molar-refractivity contribution is 0.239. The second kappa shape index (κ2) is 7.77. The van der Waals surface area contributed by atoms with Crippen LogP contribution in [0.3, 0.4) is 0 Å². The summed E-state index contributed by atoms with van der Waals surface area (Å²) >= 11 is 0. The first-order valence-corrected chi connectivity index (χ1v) is 8.19. The van der Waals surface area contributed by atoms with E-state index in [2.05, 4.69) is 33.7 Å². The Hall–Kier alpha value is -2.91. The summed E-state index contributed by atoms with van der Waals surface area (Å²) in [5, 5.41) is 14.3. The molecule has 2 aromatic carbocycles. The Kier molecular flexibility index (Phi) is 5.26. The van der Waals surface area contributed by atoms with Gasteiger partial charge in [0.15, 0.2) is 0 Å². The van der Waals surface area contributed by atoms with Crippen LogP contribution in [0.25, 0.3) is 0 Å². The van der Waals surface area contributed by atoms with E-state index in [0.717, 1.165) is 32.1 Å². The van der Waals surface area contributed by atoms with Crippen LogP contribution in [-0.4, -0.2) is 30.6 Å². The number of hydrogen-bond acceptors (Lipinski definition) is 3. The highest BCUT2D eigenvalue weighted by atomic mass is 19.1. The summed E-state index contributed by atoms with van der Waals surface area (Å²) in [5.41, 5.74) is 3.13. The third-order valence-corrected chi connectivity index (χ3v) is 4.27. The van der Waals surface area contributed by atoms with Crippen molar-refractivity contribution < 1.29 is 9.18 Å². The molecule has 1 aliphatic heterocycles. The summed E-state index contributed by atoms with van der Waals surface area (Å²) < 4.78 is 13.1. The predicted molar refractivity (Wildman–Crippen MR) is 93.6 cm³/mol. The molecule has 0 atom stereocenters. The Bertz CT molecular complexity index is 815. The molecule has 2 amide bonds. The Labute approximate surface area is 146 Å². The molecular formula is C19H19FN4O. The number of benzene rings is 2. The zero-order chi connectivity index (χ0) is 17.6. The van der Waals surface area contributed by atoms with Gasteiger partial charge in [-0.25, -0.2) is 9.18 Å². The number of anilines is 1. The Morgan fingerprint density at radius 2 is 2.04 bits per heavy atom. The molecule has 128 valence electrons. The van der Waals surface area contributed by atoms with Gasteiger partial charge in [0.2, 0.25) is 0 Å². The largest absolute Gasteiger partial charge is 0.337 e. The average molecular weight is 338 g/mol. The molecule has 0 radical (unpaired) electrons. The topological polar surface area (TPSA) is 68.2 Å². The van der Waals surface area contributed by atoms with Crippen LogP contribution in [0, 0.1) is 17.1 Å². The van der Waals surface area contributed by atoms with Gasteiger partial charge in [0, 0.05) is 26.2 Å². The Morgan fingerprint density at radius 3 is 2.84 bits per heavy atom. The van der Waals surface area contributed by atoms with Gasteiger partial charge in [0.05, 0.1) is 11.3 Å². The molecule has 0 saturated carbocycles. The molecule has 2 aromatic rings. The number of carbonyl (C=O) groups excluding carboxylic acids is 1. The minimum atomic E-state index is -0.507. The summed E-state index contributed by atoms with van der Waals surface area (Å²) in [4.78, 5) is 14.3. The van der Waals surface area contributed by atoms with Crippen molar-refractivity contribution in [2.45, 2.75) is 13.0 Å². The van der Waals surface area contributed by atoms with E-state index in [1.54, 1.807) is 0 Å². The van der Waals surface area contributed by atoms with E-state index >= 15 is 0 Å². The zero-order valence-corrected chi connectivity index (χ0v) is 13.8. The number of amides is 2. The summed E-state index contributed by atoms with van der Waals surface area (Å²) in [5.74, 6) is -0.507. The van der Waals surface area contributed by atoms with E-state index in [1.165, 1.54) is 23.3 Å². The third-order valence-electron chi connectivity index (χ3n) is 4.27. The minimum absolute atomic E-state index is 0.0998. The molecule has 0 bridgehead atoms. The van der Waals surface area contributed by atoms with Crippen LogP contribution >= 0.6 is 0 Å². The molecule has 0 saturated heterocycles.